The van der Waals surface area contributed by atoms with Crippen LogP contribution in [-0.4, -0.2) is 32.0 Å². The smallest absolute Gasteiger partial charge is 0.264 e. The SMILES string of the molecule is C[C@H](C(=O)Nc1cnc2c(c1)N(S(=O)(=O)c1ccc(F)cc1)C[C@H](C)O2)c1ccccc1. The Kier molecular flexibility index (Phi) is 5.84. The van der Waals surface area contributed by atoms with Crippen molar-refractivity contribution in [3.63, 3.8) is 0 Å². The number of hydrogen-bond acceptors (Lipinski definition) is 5. The normalized spacial score (nSPS) is 16.6. The van der Waals surface area contributed by atoms with Crippen LogP contribution in [0.4, 0.5) is 15.8 Å². The second-order valence-corrected chi connectivity index (χ2v) is 9.45. The Bertz CT molecular complexity index is 1230. The third-order valence-corrected chi connectivity index (χ3v) is 6.99. The molecule has 0 bridgehead atoms. The molecule has 0 saturated carbocycles. The van der Waals surface area contributed by atoms with Gasteiger partial charge in [0.2, 0.25) is 11.8 Å². The molecule has 3 aromatic rings. The lowest BCUT2D eigenvalue weighted by Crippen LogP contribution is -2.42. The predicted molar refractivity (Wildman–Crippen MR) is 119 cm³/mol. The van der Waals surface area contributed by atoms with E-state index in [0.717, 1.165) is 17.7 Å². The maximum Gasteiger partial charge on any atom is 0.264 e. The fourth-order valence-electron chi connectivity index (χ4n) is 3.44. The molecular weight excluding hydrogens is 433 g/mol. The Labute approximate surface area is 185 Å². The molecule has 0 saturated heterocycles. The van der Waals surface area contributed by atoms with Gasteiger partial charge in [-0.25, -0.2) is 17.8 Å². The molecule has 32 heavy (non-hydrogen) atoms. The molecule has 0 spiro atoms. The van der Waals surface area contributed by atoms with Gasteiger partial charge in [0.05, 0.1) is 29.2 Å². The lowest BCUT2D eigenvalue weighted by Gasteiger charge is -2.33. The largest absolute Gasteiger partial charge is 0.471 e. The molecule has 0 radical (unpaired) electrons. The highest BCUT2D eigenvalue weighted by molar-refractivity contribution is 7.92. The van der Waals surface area contributed by atoms with E-state index in [-0.39, 0.29) is 28.9 Å². The quantitative estimate of drug-likeness (QED) is 0.630. The third kappa shape index (κ3) is 4.29. The number of carbonyl (C=O) groups excluding carboxylic acids is 1. The first-order valence-electron chi connectivity index (χ1n) is 10.1. The van der Waals surface area contributed by atoms with Crippen LogP contribution in [0.2, 0.25) is 0 Å². The van der Waals surface area contributed by atoms with Gasteiger partial charge < -0.3 is 10.1 Å². The minimum absolute atomic E-state index is 0.0478. The second-order valence-electron chi connectivity index (χ2n) is 7.59. The first-order chi connectivity index (χ1) is 15.3. The lowest BCUT2D eigenvalue weighted by molar-refractivity contribution is -0.117. The number of ether oxygens (including phenoxy) is 1. The minimum Gasteiger partial charge on any atom is -0.471 e. The van der Waals surface area contributed by atoms with Gasteiger partial charge in [0.15, 0.2) is 0 Å². The zero-order valence-corrected chi connectivity index (χ0v) is 18.3. The molecule has 2 heterocycles. The summed E-state index contributed by atoms with van der Waals surface area (Å²) >= 11 is 0. The Hall–Kier alpha value is -3.46. The summed E-state index contributed by atoms with van der Waals surface area (Å²) in [5.74, 6) is -1.05. The molecule has 2 atom stereocenters. The van der Waals surface area contributed by atoms with Crippen LogP contribution < -0.4 is 14.4 Å². The Morgan fingerprint density at radius 1 is 1.19 bits per heavy atom. The van der Waals surface area contributed by atoms with Crippen LogP contribution in [0.25, 0.3) is 0 Å². The van der Waals surface area contributed by atoms with Gasteiger partial charge in [-0.15, -0.1) is 0 Å². The highest BCUT2D eigenvalue weighted by atomic mass is 32.2. The number of rotatable bonds is 5. The minimum atomic E-state index is -4.00. The van der Waals surface area contributed by atoms with E-state index < -0.39 is 27.9 Å². The number of nitrogens with one attached hydrogen (secondary N) is 1. The molecule has 1 aliphatic heterocycles. The van der Waals surface area contributed by atoms with Crippen molar-refractivity contribution >= 4 is 27.3 Å². The van der Waals surface area contributed by atoms with Crippen LogP contribution >= 0.6 is 0 Å². The molecule has 0 fully saturated rings. The van der Waals surface area contributed by atoms with E-state index in [4.69, 9.17) is 4.74 Å². The van der Waals surface area contributed by atoms with Gasteiger partial charge >= 0.3 is 0 Å². The van der Waals surface area contributed by atoms with E-state index in [1.807, 2.05) is 30.3 Å². The summed E-state index contributed by atoms with van der Waals surface area (Å²) in [5, 5.41) is 2.79. The summed E-state index contributed by atoms with van der Waals surface area (Å²) in [5.41, 5.74) is 1.40. The standard InChI is InChI=1S/C23H22FN3O4S/c1-15-14-27(32(29,30)20-10-8-18(24)9-11-20)21-12-19(13-25-23(21)31-15)26-22(28)16(2)17-6-4-3-5-7-17/h3-13,15-16H,14H2,1-2H3,(H,26,28)/t15-,16-/m0/s1. The van der Waals surface area contributed by atoms with Crippen molar-refractivity contribution in [2.24, 2.45) is 0 Å². The molecular formula is C23H22FN3O4S. The summed E-state index contributed by atoms with van der Waals surface area (Å²) in [6, 6.07) is 15.4. The van der Waals surface area contributed by atoms with Crippen LogP contribution in [0, 0.1) is 5.82 Å². The van der Waals surface area contributed by atoms with E-state index >= 15 is 0 Å². The van der Waals surface area contributed by atoms with Crippen LogP contribution in [0.1, 0.15) is 25.3 Å². The first kappa shape index (κ1) is 21.8. The molecule has 0 unspecified atom stereocenters. The number of benzene rings is 2. The Morgan fingerprint density at radius 3 is 2.56 bits per heavy atom. The van der Waals surface area contributed by atoms with Gasteiger partial charge in [-0.1, -0.05) is 30.3 Å². The molecule has 1 amide bonds. The lowest BCUT2D eigenvalue weighted by atomic mass is 10.0. The number of nitrogens with zero attached hydrogens (tertiary/aromatic N) is 2. The zero-order valence-electron chi connectivity index (χ0n) is 17.5. The molecule has 166 valence electrons. The fourth-order valence-corrected chi connectivity index (χ4v) is 4.97. The summed E-state index contributed by atoms with van der Waals surface area (Å²) in [4.78, 5) is 16.9. The Balaban J connectivity index is 1.65. The van der Waals surface area contributed by atoms with E-state index in [0.29, 0.717) is 5.69 Å². The van der Waals surface area contributed by atoms with Crippen molar-refractivity contribution in [1.29, 1.82) is 0 Å². The van der Waals surface area contributed by atoms with Gasteiger partial charge in [0, 0.05) is 0 Å². The van der Waals surface area contributed by atoms with Crippen LogP contribution in [0.5, 0.6) is 5.88 Å². The van der Waals surface area contributed by atoms with Gasteiger partial charge in [-0.05, 0) is 49.7 Å². The fraction of sp³-hybridized carbons (Fsp3) is 0.217. The van der Waals surface area contributed by atoms with E-state index in [2.05, 4.69) is 10.3 Å². The van der Waals surface area contributed by atoms with Gasteiger partial charge in [-0.2, -0.15) is 0 Å². The van der Waals surface area contributed by atoms with Crippen LogP contribution in [0.15, 0.2) is 71.8 Å². The van der Waals surface area contributed by atoms with Crippen molar-refractivity contribution < 1.29 is 22.3 Å². The summed E-state index contributed by atoms with van der Waals surface area (Å²) in [6.45, 7) is 3.56. The average molecular weight is 456 g/mol. The van der Waals surface area contributed by atoms with E-state index in [1.165, 1.54) is 28.7 Å². The van der Waals surface area contributed by atoms with Gasteiger partial charge in [-0.3, -0.25) is 9.10 Å². The molecule has 4 rings (SSSR count). The number of carbonyl (C=O) groups is 1. The van der Waals surface area contributed by atoms with Crippen LogP contribution in [0.3, 0.4) is 0 Å². The molecule has 7 nitrogen and oxygen atoms in total. The van der Waals surface area contributed by atoms with E-state index in [1.54, 1.807) is 13.8 Å². The summed E-state index contributed by atoms with van der Waals surface area (Å²) < 4.78 is 46.7. The van der Waals surface area contributed by atoms with Gasteiger partial charge in [0.1, 0.15) is 17.6 Å². The second kappa shape index (κ2) is 8.58. The Morgan fingerprint density at radius 2 is 1.88 bits per heavy atom. The van der Waals surface area contributed by atoms with Crippen LogP contribution in [-0.2, 0) is 14.8 Å². The summed E-state index contributed by atoms with van der Waals surface area (Å²) in [6.07, 6.45) is 0.985. The summed E-state index contributed by atoms with van der Waals surface area (Å²) in [7, 11) is -4.00. The average Bonchev–Trinajstić information content (AvgIpc) is 2.79. The van der Waals surface area contributed by atoms with Crippen molar-refractivity contribution in [2.75, 3.05) is 16.2 Å². The number of anilines is 2. The number of amides is 1. The van der Waals surface area contributed by atoms with E-state index in [9.17, 15) is 17.6 Å². The van der Waals surface area contributed by atoms with Crippen molar-refractivity contribution in [3.8, 4) is 5.88 Å². The molecule has 1 aliphatic rings. The van der Waals surface area contributed by atoms with Crippen molar-refractivity contribution in [1.82, 2.24) is 4.98 Å². The number of sulfonamides is 1. The van der Waals surface area contributed by atoms with Gasteiger partial charge in [0.25, 0.3) is 10.0 Å². The number of halogens is 1. The number of aromatic nitrogens is 1. The van der Waals surface area contributed by atoms with Crippen molar-refractivity contribution in [3.05, 3.63) is 78.2 Å². The third-order valence-electron chi connectivity index (χ3n) is 5.20. The van der Waals surface area contributed by atoms with Crippen molar-refractivity contribution in [2.45, 2.75) is 30.8 Å². The first-order valence-corrected chi connectivity index (χ1v) is 11.5. The molecule has 1 N–H and O–H groups in total. The number of pyridine rings is 1. The molecule has 0 aliphatic carbocycles. The predicted octanol–water partition coefficient (Wildman–Crippen LogP) is 3.94. The molecule has 9 heteroatoms. The highest BCUT2D eigenvalue weighted by Crippen LogP contribution is 2.37. The topological polar surface area (TPSA) is 88.6 Å². The maximum absolute atomic E-state index is 13.3. The molecule has 1 aromatic heterocycles. The number of fused-ring (bicyclic) bond motifs is 1. The highest BCUT2D eigenvalue weighted by Gasteiger charge is 2.34. The number of hydrogen-bond donors (Lipinski definition) is 1. The zero-order chi connectivity index (χ0) is 22.9. The molecule has 2 aromatic carbocycles. The maximum atomic E-state index is 13.3. The monoisotopic (exact) mass is 455 g/mol.